The zero-order valence-electron chi connectivity index (χ0n) is 9.06. The van der Waals surface area contributed by atoms with Gasteiger partial charge < -0.3 is 23.0 Å². The molecule has 5 nitrogen and oxygen atoms in total. The van der Waals surface area contributed by atoms with Crippen LogP contribution in [-0.2, 0) is 6.61 Å². The Morgan fingerprint density at radius 1 is 1.19 bits per heavy atom. The summed E-state index contributed by atoms with van der Waals surface area (Å²) in [5.74, 6) is 1.21. The summed E-state index contributed by atoms with van der Waals surface area (Å²) >= 11 is 0. The minimum atomic E-state index is 0.295. The molecule has 0 unspecified atom stereocenters. The quantitative estimate of drug-likeness (QED) is 0.780. The lowest BCUT2D eigenvalue weighted by Crippen LogP contribution is -1.95. The van der Waals surface area contributed by atoms with Crippen LogP contribution >= 0.6 is 0 Å². The highest BCUT2D eigenvalue weighted by atomic mass is 16.6. The number of furan rings is 2. The van der Waals surface area contributed by atoms with E-state index in [4.69, 9.17) is 23.0 Å². The fraction of sp³-hybridized carbons (Fsp3) is 0.273. The predicted octanol–water partition coefficient (Wildman–Crippen LogP) is 2.47. The second-order valence-electron chi connectivity index (χ2n) is 3.01. The van der Waals surface area contributed by atoms with Gasteiger partial charge in [-0.3, -0.25) is 0 Å². The Labute approximate surface area is 92.5 Å². The van der Waals surface area contributed by atoms with Gasteiger partial charge in [-0.25, -0.2) is 0 Å². The molecule has 0 N–H and O–H groups in total. The minimum Gasteiger partial charge on any atom is -0.468 e. The van der Waals surface area contributed by atoms with Crippen LogP contribution in [0, 0.1) is 0 Å². The van der Waals surface area contributed by atoms with Gasteiger partial charge in [0.2, 0.25) is 0 Å². The summed E-state index contributed by atoms with van der Waals surface area (Å²) in [5.41, 5.74) is 0.760. The van der Waals surface area contributed by atoms with Crippen LogP contribution in [0.15, 0.2) is 33.3 Å². The molecule has 0 aliphatic heterocycles. The molecule has 2 aromatic rings. The molecule has 0 bridgehead atoms. The van der Waals surface area contributed by atoms with Gasteiger partial charge >= 0.3 is 0 Å². The maximum Gasteiger partial charge on any atom is 0.294 e. The van der Waals surface area contributed by atoms with Gasteiger partial charge in [0, 0.05) is 12.1 Å². The summed E-state index contributed by atoms with van der Waals surface area (Å²) in [7, 11) is 3.05. The zero-order chi connectivity index (χ0) is 11.4. The van der Waals surface area contributed by atoms with Crippen LogP contribution in [-0.4, -0.2) is 14.2 Å². The molecule has 0 spiro atoms. The van der Waals surface area contributed by atoms with Crippen LogP contribution in [0.5, 0.6) is 17.8 Å². The summed E-state index contributed by atoms with van der Waals surface area (Å²) in [6, 6.07) is 5.19. The van der Waals surface area contributed by atoms with Gasteiger partial charge in [-0.1, -0.05) is 0 Å². The highest BCUT2D eigenvalue weighted by molar-refractivity contribution is 5.29. The number of ether oxygens (including phenoxy) is 3. The SMILES string of the molecule is COc1cc(COc2ccco2)c(OC)o1. The predicted molar refractivity (Wildman–Crippen MR) is 54.9 cm³/mol. The Balaban J connectivity index is 2.05. The van der Waals surface area contributed by atoms with Crippen molar-refractivity contribution in [1.82, 2.24) is 0 Å². The van der Waals surface area contributed by atoms with Crippen LogP contribution in [0.4, 0.5) is 0 Å². The van der Waals surface area contributed by atoms with E-state index in [2.05, 4.69) is 0 Å². The van der Waals surface area contributed by atoms with Gasteiger partial charge in [0.25, 0.3) is 17.8 Å². The zero-order valence-corrected chi connectivity index (χ0v) is 9.06. The largest absolute Gasteiger partial charge is 0.468 e. The van der Waals surface area contributed by atoms with Crippen molar-refractivity contribution >= 4 is 0 Å². The van der Waals surface area contributed by atoms with E-state index < -0.39 is 0 Å². The molecule has 0 fully saturated rings. The van der Waals surface area contributed by atoms with Gasteiger partial charge in [0.1, 0.15) is 6.61 Å². The molecule has 0 aromatic carbocycles. The first-order chi connectivity index (χ1) is 7.83. The molecular formula is C11H12O5. The van der Waals surface area contributed by atoms with Crippen LogP contribution in [0.3, 0.4) is 0 Å². The van der Waals surface area contributed by atoms with Crippen molar-refractivity contribution in [3.63, 3.8) is 0 Å². The molecule has 2 rings (SSSR count). The smallest absolute Gasteiger partial charge is 0.294 e. The third-order valence-corrected chi connectivity index (χ3v) is 2.00. The van der Waals surface area contributed by atoms with Crippen LogP contribution < -0.4 is 14.2 Å². The van der Waals surface area contributed by atoms with Gasteiger partial charge in [-0.2, -0.15) is 0 Å². The molecule has 0 amide bonds. The number of rotatable bonds is 5. The Kier molecular flexibility index (Phi) is 3.05. The Hall–Kier alpha value is -2.04. The molecule has 0 radical (unpaired) electrons. The van der Waals surface area contributed by atoms with Crippen LogP contribution in [0.25, 0.3) is 0 Å². The van der Waals surface area contributed by atoms with Gasteiger partial charge in [0.05, 0.1) is 26.0 Å². The highest BCUT2D eigenvalue weighted by Gasteiger charge is 2.13. The second-order valence-corrected chi connectivity index (χ2v) is 3.01. The molecule has 2 aromatic heterocycles. The maximum absolute atomic E-state index is 5.37. The third-order valence-electron chi connectivity index (χ3n) is 2.00. The number of hydrogen-bond donors (Lipinski definition) is 0. The molecule has 16 heavy (non-hydrogen) atoms. The van der Waals surface area contributed by atoms with Gasteiger partial charge in [-0.05, 0) is 6.07 Å². The fourth-order valence-corrected chi connectivity index (χ4v) is 1.26. The number of methoxy groups -OCH3 is 2. The lowest BCUT2D eigenvalue weighted by molar-refractivity contribution is 0.216. The Morgan fingerprint density at radius 2 is 2.06 bits per heavy atom. The van der Waals surface area contributed by atoms with Gasteiger partial charge in [-0.15, -0.1) is 0 Å². The maximum atomic E-state index is 5.37. The first-order valence-corrected chi connectivity index (χ1v) is 4.70. The lowest BCUT2D eigenvalue weighted by atomic mass is 10.3. The van der Waals surface area contributed by atoms with E-state index in [0.717, 1.165) is 5.56 Å². The molecule has 0 aliphatic rings. The van der Waals surface area contributed by atoms with E-state index in [1.807, 2.05) is 0 Å². The van der Waals surface area contributed by atoms with Crippen molar-refractivity contribution in [1.29, 1.82) is 0 Å². The molecule has 86 valence electrons. The van der Waals surface area contributed by atoms with Gasteiger partial charge in [0.15, 0.2) is 0 Å². The average molecular weight is 224 g/mol. The molecule has 0 aliphatic carbocycles. The van der Waals surface area contributed by atoms with E-state index in [1.54, 1.807) is 24.5 Å². The van der Waals surface area contributed by atoms with E-state index in [9.17, 15) is 0 Å². The van der Waals surface area contributed by atoms with E-state index in [1.165, 1.54) is 14.2 Å². The Bertz CT molecular complexity index is 429. The third kappa shape index (κ3) is 2.13. The van der Waals surface area contributed by atoms with Crippen molar-refractivity contribution in [3.05, 3.63) is 30.0 Å². The molecule has 5 heteroatoms. The molecule has 2 heterocycles. The Morgan fingerprint density at radius 3 is 2.69 bits per heavy atom. The summed E-state index contributed by atoms with van der Waals surface area (Å²) in [6.07, 6.45) is 1.54. The highest BCUT2D eigenvalue weighted by Crippen LogP contribution is 2.29. The summed E-state index contributed by atoms with van der Waals surface area (Å²) in [5, 5.41) is 0. The summed E-state index contributed by atoms with van der Waals surface area (Å²) in [4.78, 5) is 0. The fourth-order valence-electron chi connectivity index (χ4n) is 1.26. The van der Waals surface area contributed by atoms with Crippen LogP contribution in [0.2, 0.25) is 0 Å². The van der Waals surface area contributed by atoms with E-state index in [-0.39, 0.29) is 0 Å². The van der Waals surface area contributed by atoms with Crippen molar-refractivity contribution in [2.45, 2.75) is 6.61 Å². The monoisotopic (exact) mass is 224 g/mol. The topological polar surface area (TPSA) is 54.0 Å². The average Bonchev–Trinajstić information content (AvgIpc) is 2.95. The first kappa shape index (κ1) is 10.5. The standard InChI is InChI=1S/C11H12O5/c1-12-10-6-8(11(13-2)16-10)7-15-9-4-3-5-14-9/h3-6H,7H2,1-2H3. The molecule has 0 atom stereocenters. The minimum absolute atomic E-state index is 0.295. The summed E-state index contributed by atoms with van der Waals surface area (Å²) in [6.45, 7) is 0.295. The summed E-state index contributed by atoms with van der Waals surface area (Å²) < 4.78 is 25.6. The molecule has 0 saturated heterocycles. The van der Waals surface area contributed by atoms with E-state index >= 15 is 0 Å². The lowest BCUT2D eigenvalue weighted by Gasteiger charge is -2.01. The van der Waals surface area contributed by atoms with Crippen molar-refractivity contribution in [2.24, 2.45) is 0 Å². The van der Waals surface area contributed by atoms with Crippen molar-refractivity contribution < 1.29 is 23.0 Å². The second kappa shape index (κ2) is 4.65. The first-order valence-electron chi connectivity index (χ1n) is 4.70. The van der Waals surface area contributed by atoms with Crippen LogP contribution in [0.1, 0.15) is 5.56 Å². The number of hydrogen-bond acceptors (Lipinski definition) is 5. The van der Waals surface area contributed by atoms with E-state index in [0.29, 0.717) is 24.4 Å². The van der Waals surface area contributed by atoms with Crippen molar-refractivity contribution in [3.8, 4) is 17.8 Å². The molecule has 0 saturated carbocycles. The molecular weight excluding hydrogens is 212 g/mol. The normalized spacial score (nSPS) is 10.1. The van der Waals surface area contributed by atoms with Crippen molar-refractivity contribution in [2.75, 3.05) is 14.2 Å².